The number of nitrogens with one attached hydrogen (secondary N) is 2. The summed E-state index contributed by atoms with van der Waals surface area (Å²) in [6, 6.07) is 16.0. The van der Waals surface area contributed by atoms with Crippen molar-refractivity contribution in [2.75, 3.05) is 5.32 Å². The quantitative estimate of drug-likeness (QED) is 0.411. The van der Waals surface area contributed by atoms with Crippen LogP contribution in [0.25, 0.3) is 11.4 Å². The summed E-state index contributed by atoms with van der Waals surface area (Å²) in [6.45, 7) is 2.05. The summed E-state index contributed by atoms with van der Waals surface area (Å²) in [5, 5.41) is 7.16. The van der Waals surface area contributed by atoms with E-state index in [0.717, 1.165) is 33.6 Å². The van der Waals surface area contributed by atoms with Gasteiger partial charge in [0.1, 0.15) is 11.4 Å². The van der Waals surface area contributed by atoms with Crippen molar-refractivity contribution in [1.82, 2.24) is 4.98 Å². The molecule has 0 radical (unpaired) electrons. The smallest absolute Gasteiger partial charge is 0.318 e. The van der Waals surface area contributed by atoms with Crippen LogP contribution >= 0.6 is 36.0 Å². The molecule has 0 saturated carbocycles. The van der Waals surface area contributed by atoms with Gasteiger partial charge in [0.2, 0.25) is 0 Å². The molecule has 7 heteroatoms. The zero-order valence-electron chi connectivity index (χ0n) is 13.3. The van der Waals surface area contributed by atoms with E-state index < -0.39 is 0 Å². The molecule has 3 nitrogen and oxygen atoms in total. The highest BCUT2D eigenvalue weighted by atomic mass is 79.9. The molecule has 0 spiro atoms. The largest absolute Gasteiger partial charge is 1.00 e. The lowest BCUT2D eigenvalue weighted by molar-refractivity contribution is -0.637. The summed E-state index contributed by atoms with van der Waals surface area (Å²) < 4.78 is 2.09. The first-order valence-corrected chi connectivity index (χ1v) is 9.17. The molecule has 3 aromatic rings. The fourth-order valence-electron chi connectivity index (χ4n) is 2.81. The van der Waals surface area contributed by atoms with Crippen molar-refractivity contribution in [1.29, 1.82) is 0 Å². The van der Waals surface area contributed by atoms with Gasteiger partial charge in [-0.25, -0.2) is 4.98 Å². The topological polar surface area (TPSA) is 31.7 Å². The second kappa shape index (κ2) is 7.50. The zero-order valence-corrected chi connectivity index (χ0v) is 17.3. The molecule has 0 fully saturated rings. The number of fused-ring (bicyclic) bond motifs is 1. The predicted molar refractivity (Wildman–Crippen MR) is 103 cm³/mol. The van der Waals surface area contributed by atoms with Crippen molar-refractivity contribution in [2.24, 2.45) is 0 Å². The number of rotatable bonds is 2. The molecule has 1 aliphatic rings. The first-order chi connectivity index (χ1) is 11.6. The Labute approximate surface area is 171 Å². The van der Waals surface area contributed by atoms with E-state index in [2.05, 4.69) is 52.0 Å². The Hall–Kier alpha value is -1.34. The van der Waals surface area contributed by atoms with Crippen molar-refractivity contribution in [3.8, 4) is 5.69 Å². The van der Waals surface area contributed by atoms with Crippen LogP contribution < -0.4 is 26.9 Å². The van der Waals surface area contributed by atoms with E-state index in [4.69, 9.17) is 11.6 Å². The van der Waals surface area contributed by atoms with Gasteiger partial charge in [-0.15, -0.1) is 0 Å². The molecule has 128 valence electrons. The third kappa shape index (κ3) is 3.49. The Kier molecular flexibility index (Phi) is 5.53. The minimum absolute atomic E-state index is 0. The summed E-state index contributed by atoms with van der Waals surface area (Å²) in [7, 11) is 0. The van der Waals surface area contributed by atoms with Crippen molar-refractivity contribution in [2.45, 2.75) is 17.0 Å². The maximum atomic E-state index is 6.03. The number of thioether (sulfide) groups is 1. The van der Waals surface area contributed by atoms with Crippen LogP contribution in [0.4, 0.5) is 5.69 Å². The third-order valence-corrected chi connectivity index (χ3v) is 5.42. The molecule has 0 bridgehead atoms. The second-order valence-electron chi connectivity index (χ2n) is 5.50. The predicted octanol–water partition coefficient (Wildman–Crippen LogP) is 2.06. The molecular weight excluding hydrogens is 438 g/mol. The lowest BCUT2D eigenvalue weighted by Crippen LogP contribution is -3.00. The lowest BCUT2D eigenvalue weighted by atomic mass is 10.2. The van der Waals surface area contributed by atoms with Gasteiger partial charge < -0.3 is 22.3 Å². The monoisotopic (exact) mass is 451 g/mol. The Morgan fingerprint density at radius 2 is 1.80 bits per heavy atom. The normalized spacial score (nSPS) is 12.7. The second-order valence-corrected chi connectivity index (χ2v) is 7.28. The number of H-pyrrole nitrogens is 1. The van der Waals surface area contributed by atoms with Crippen LogP contribution in [0.1, 0.15) is 11.4 Å². The van der Waals surface area contributed by atoms with Crippen molar-refractivity contribution >= 4 is 47.4 Å². The standard InChI is InChI=1S/C18H14ClN3S2.BrH/c1-11-17(15-10-24-16-5-3-2-4-14(16)21-15)22(18(23)20-11)13-8-6-12(19)7-9-13;/h2-10,21H,1H3,(H,20,23);1H. The summed E-state index contributed by atoms with van der Waals surface area (Å²) in [4.78, 5) is 4.54. The molecule has 0 atom stereocenters. The molecule has 2 aromatic carbocycles. The van der Waals surface area contributed by atoms with Crippen LogP contribution in [0.5, 0.6) is 0 Å². The zero-order chi connectivity index (χ0) is 16.7. The molecule has 4 rings (SSSR count). The highest BCUT2D eigenvalue weighted by Crippen LogP contribution is 2.37. The minimum Gasteiger partial charge on any atom is -1.00 e. The minimum atomic E-state index is 0. The number of benzene rings is 2. The lowest BCUT2D eigenvalue weighted by Gasteiger charge is -2.18. The summed E-state index contributed by atoms with van der Waals surface area (Å²) in [5.41, 5.74) is 5.28. The van der Waals surface area contributed by atoms with Crippen LogP contribution in [0.15, 0.2) is 64.0 Å². The fraction of sp³-hybridized carbons (Fsp3) is 0.0556. The Balaban J connectivity index is 0.00000182. The van der Waals surface area contributed by atoms with E-state index in [0.29, 0.717) is 5.02 Å². The van der Waals surface area contributed by atoms with E-state index in [9.17, 15) is 0 Å². The molecular formula is C18H15BrClN3S2. The molecule has 0 aliphatic carbocycles. The Morgan fingerprint density at radius 3 is 2.56 bits per heavy atom. The van der Waals surface area contributed by atoms with Crippen LogP contribution in [0.3, 0.4) is 0 Å². The molecule has 2 heterocycles. The van der Waals surface area contributed by atoms with Crippen LogP contribution in [-0.2, 0) is 0 Å². The SMILES string of the molecule is Cc1[nH]c(S)[n+](-c2ccc(Cl)cc2)c1C1=CSc2ccccc2N1.[Br-]. The number of para-hydroxylation sites is 1. The number of imidazole rings is 1. The maximum absolute atomic E-state index is 6.03. The van der Waals surface area contributed by atoms with Crippen molar-refractivity contribution in [3.05, 3.63) is 70.3 Å². The van der Waals surface area contributed by atoms with Gasteiger partial charge in [-0.05, 0) is 36.4 Å². The number of aryl methyl sites for hydroxylation is 1. The van der Waals surface area contributed by atoms with Gasteiger partial charge in [0.05, 0.1) is 11.4 Å². The number of hydrogen-bond acceptors (Lipinski definition) is 3. The highest BCUT2D eigenvalue weighted by molar-refractivity contribution is 8.02. The average Bonchev–Trinajstić information content (AvgIpc) is 2.89. The van der Waals surface area contributed by atoms with Gasteiger partial charge >= 0.3 is 5.16 Å². The number of aromatic nitrogens is 2. The number of nitrogens with zero attached hydrogens (tertiary/aromatic N) is 1. The van der Waals surface area contributed by atoms with Crippen LogP contribution in [-0.4, -0.2) is 4.98 Å². The van der Waals surface area contributed by atoms with Crippen molar-refractivity contribution < 1.29 is 21.5 Å². The number of halogens is 2. The molecule has 2 N–H and O–H groups in total. The van der Waals surface area contributed by atoms with E-state index in [1.165, 1.54) is 4.90 Å². The average molecular weight is 453 g/mol. The number of thiol groups is 1. The van der Waals surface area contributed by atoms with E-state index in [1.807, 2.05) is 36.4 Å². The number of hydrogen-bond donors (Lipinski definition) is 3. The maximum Gasteiger partial charge on any atom is 0.318 e. The van der Waals surface area contributed by atoms with E-state index in [1.54, 1.807) is 11.8 Å². The van der Waals surface area contributed by atoms with Gasteiger partial charge in [-0.3, -0.25) is 0 Å². The Morgan fingerprint density at radius 1 is 1.08 bits per heavy atom. The molecule has 0 unspecified atom stereocenters. The third-order valence-electron chi connectivity index (χ3n) is 3.89. The van der Waals surface area contributed by atoms with E-state index in [-0.39, 0.29) is 17.0 Å². The van der Waals surface area contributed by atoms with Crippen molar-refractivity contribution in [3.63, 3.8) is 0 Å². The van der Waals surface area contributed by atoms with Crippen LogP contribution in [0.2, 0.25) is 5.02 Å². The molecule has 1 aliphatic heterocycles. The molecule has 25 heavy (non-hydrogen) atoms. The van der Waals surface area contributed by atoms with E-state index >= 15 is 0 Å². The van der Waals surface area contributed by atoms with Gasteiger partial charge in [0.25, 0.3) is 0 Å². The fourth-order valence-corrected chi connectivity index (χ4v) is 4.13. The van der Waals surface area contributed by atoms with Gasteiger partial charge in [0, 0.05) is 22.2 Å². The van der Waals surface area contributed by atoms with Crippen LogP contribution in [0, 0.1) is 6.92 Å². The van der Waals surface area contributed by atoms with Gasteiger partial charge in [-0.1, -0.05) is 48.1 Å². The molecule has 1 aromatic heterocycles. The number of aromatic amines is 1. The summed E-state index contributed by atoms with van der Waals surface area (Å²) >= 11 is 12.4. The molecule has 0 saturated heterocycles. The Bertz CT molecular complexity index is 951. The van der Waals surface area contributed by atoms with Gasteiger partial charge in [-0.2, -0.15) is 4.57 Å². The summed E-state index contributed by atoms with van der Waals surface area (Å²) in [6.07, 6.45) is 0. The summed E-state index contributed by atoms with van der Waals surface area (Å²) in [5.74, 6) is 0. The molecule has 0 amide bonds. The highest BCUT2D eigenvalue weighted by Gasteiger charge is 2.27. The van der Waals surface area contributed by atoms with Gasteiger partial charge in [0.15, 0.2) is 5.69 Å². The number of anilines is 1. The first kappa shape index (κ1) is 18.5. The first-order valence-electron chi connectivity index (χ1n) is 7.46.